The first kappa shape index (κ1) is 7.28. The largest absolute Gasteiger partial charge is 0.357 e. The molecule has 0 aromatic carbocycles. The molecule has 0 fully saturated rings. The van der Waals surface area contributed by atoms with Crippen LogP contribution in [0.1, 0.15) is 20.1 Å². The standard InChI is InChI=1S/C7H12N2O/c1-3-10-7(2)9-6-4-5-8-9/h4-7H,3H2,1-2H3/t7-/m1/s1. The predicted molar refractivity (Wildman–Crippen MR) is 38.6 cm³/mol. The lowest BCUT2D eigenvalue weighted by atomic mass is 10.6. The number of hydrogen-bond donors (Lipinski definition) is 0. The predicted octanol–water partition coefficient (Wildman–Crippen LogP) is 1.44. The molecule has 1 aromatic heterocycles. The number of aromatic nitrogens is 2. The summed E-state index contributed by atoms with van der Waals surface area (Å²) in [6, 6.07) is 1.88. The van der Waals surface area contributed by atoms with E-state index in [1.165, 1.54) is 0 Å². The van der Waals surface area contributed by atoms with Gasteiger partial charge in [-0.1, -0.05) is 0 Å². The van der Waals surface area contributed by atoms with E-state index in [9.17, 15) is 0 Å². The zero-order valence-electron chi connectivity index (χ0n) is 6.32. The van der Waals surface area contributed by atoms with Crippen molar-refractivity contribution in [3.8, 4) is 0 Å². The van der Waals surface area contributed by atoms with Gasteiger partial charge in [0.05, 0.1) is 0 Å². The Balaban J connectivity index is 2.50. The Morgan fingerprint density at radius 2 is 2.50 bits per heavy atom. The first-order valence-electron chi connectivity index (χ1n) is 3.45. The lowest BCUT2D eigenvalue weighted by Crippen LogP contribution is -2.09. The molecular formula is C7H12N2O. The van der Waals surface area contributed by atoms with Crippen molar-refractivity contribution in [2.24, 2.45) is 0 Å². The molecule has 3 nitrogen and oxygen atoms in total. The molecular weight excluding hydrogens is 128 g/mol. The van der Waals surface area contributed by atoms with Gasteiger partial charge in [-0.05, 0) is 19.9 Å². The second-order valence-electron chi connectivity index (χ2n) is 2.04. The second kappa shape index (κ2) is 3.37. The summed E-state index contributed by atoms with van der Waals surface area (Å²) in [5.41, 5.74) is 0. The highest BCUT2D eigenvalue weighted by Crippen LogP contribution is 2.03. The van der Waals surface area contributed by atoms with E-state index in [2.05, 4.69) is 5.10 Å². The van der Waals surface area contributed by atoms with Crippen LogP contribution < -0.4 is 0 Å². The van der Waals surface area contributed by atoms with Gasteiger partial charge >= 0.3 is 0 Å². The van der Waals surface area contributed by atoms with Gasteiger partial charge in [0.2, 0.25) is 0 Å². The van der Waals surface area contributed by atoms with E-state index in [4.69, 9.17) is 4.74 Å². The van der Waals surface area contributed by atoms with Gasteiger partial charge in [0.25, 0.3) is 0 Å². The monoisotopic (exact) mass is 140 g/mol. The Morgan fingerprint density at radius 3 is 3.00 bits per heavy atom. The van der Waals surface area contributed by atoms with Crippen LogP contribution in [0.3, 0.4) is 0 Å². The first-order chi connectivity index (χ1) is 4.84. The fourth-order valence-electron chi connectivity index (χ4n) is 0.813. The van der Waals surface area contributed by atoms with E-state index in [0.29, 0.717) is 0 Å². The van der Waals surface area contributed by atoms with Crippen molar-refractivity contribution in [2.45, 2.75) is 20.1 Å². The van der Waals surface area contributed by atoms with Gasteiger partial charge in [-0.15, -0.1) is 0 Å². The van der Waals surface area contributed by atoms with Crippen molar-refractivity contribution < 1.29 is 4.74 Å². The molecule has 0 saturated carbocycles. The third-order valence-corrected chi connectivity index (χ3v) is 1.31. The minimum Gasteiger partial charge on any atom is -0.357 e. The van der Waals surface area contributed by atoms with Gasteiger partial charge in [-0.2, -0.15) is 5.10 Å². The molecule has 0 spiro atoms. The van der Waals surface area contributed by atoms with Crippen LogP contribution >= 0.6 is 0 Å². The molecule has 0 unspecified atom stereocenters. The van der Waals surface area contributed by atoms with E-state index >= 15 is 0 Å². The topological polar surface area (TPSA) is 27.1 Å². The number of rotatable bonds is 3. The summed E-state index contributed by atoms with van der Waals surface area (Å²) >= 11 is 0. The average Bonchev–Trinajstić information content (AvgIpc) is 2.38. The summed E-state index contributed by atoms with van der Waals surface area (Å²) in [6.07, 6.45) is 3.69. The van der Waals surface area contributed by atoms with Gasteiger partial charge in [0.15, 0.2) is 0 Å². The second-order valence-corrected chi connectivity index (χ2v) is 2.04. The van der Waals surface area contributed by atoms with Crippen LogP contribution in [0, 0.1) is 0 Å². The van der Waals surface area contributed by atoms with Crippen LogP contribution in [0.25, 0.3) is 0 Å². The zero-order valence-corrected chi connectivity index (χ0v) is 6.32. The van der Waals surface area contributed by atoms with Gasteiger partial charge in [0.1, 0.15) is 6.23 Å². The molecule has 3 heteroatoms. The third kappa shape index (κ3) is 1.57. The van der Waals surface area contributed by atoms with Crippen LogP contribution in [-0.4, -0.2) is 16.4 Å². The van der Waals surface area contributed by atoms with Crippen LogP contribution in [-0.2, 0) is 4.74 Å². The molecule has 0 aliphatic carbocycles. The average molecular weight is 140 g/mol. The van der Waals surface area contributed by atoms with Crippen LogP contribution in [0.5, 0.6) is 0 Å². The normalized spacial score (nSPS) is 13.4. The lowest BCUT2D eigenvalue weighted by molar-refractivity contribution is 0.0159. The quantitative estimate of drug-likeness (QED) is 0.635. The molecule has 0 radical (unpaired) electrons. The number of ether oxygens (including phenoxy) is 1. The highest BCUT2D eigenvalue weighted by atomic mass is 16.5. The molecule has 0 aliphatic rings. The molecule has 10 heavy (non-hydrogen) atoms. The van der Waals surface area contributed by atoms with Crippen LogP contribution in [0.15, 0.2) is 18.5 Å². The fraction of sp³-hybridized carbons (Fsp3) is 0.571. The van der Waals surface area contributed by atoms with E-state index < -0.39 is 0 Å². The van der Waals surface area contributed by atoms with Crippen LogP contribution in [0.2, 0.25) is 0 Å². The van der Waals surface area contributed by atoms with E-state index in [1.54, 1.807) is 10.9 Å². The highest BCUT2D eigenvalue weighted by Gasteiger charge is 2.00. The molecule has 0 aliphatic heterocycles. The van der Waals surface area contributed by atoms with Crippen molar-refractivity contribution in [3.63, 3.8) is 0 Å². The van der Waals surface area contributed by atoms with Crippen molar-refractivity contribution in [1.82, 2.24) is 9.78 Å². The smallest absolute Gasteiger partial charge is 0.147 e. The van der Waals surface area contributed by atoms with Crippen molar-refractivity contribution in [2.75, 3.05) is 6.61 Å². The Kier molecular flexibility index (Phi) is 2.45. The molecule has 56 valence electrons. The molecule has 0 saturated heterocycles. The van der Waals surface area contributed by atoms with Gasteiger partial charge in [0, 0.05) is 19.0 Å². The third-order valence-electron chi connectivity index (χ3n) is 1.31. The molecule has 1 rings (SSSR count). The van der Waals surface area contributed by atoms with E-state index in [-0.39, 0.29) is 6.23 Å². The summed E-state index contributed by atoms with van der Waals surface area (Å²) in [4.78, 5) is 0. The Morgan fingerprint density at radius 1 is 1.70 bits per heavy atom. The maximum atomic E-state index is 5.29. The first-order valence-corrected chi connectivity index (χ1v) is 3.45. The maximum absolute atomic E-state index is 5.29. The molecule has 1 atom stereocenters. The molecule has 0 N–H and O–H groups in total. The fourth-order valence-corrected chi connectivity index (χ4v) is 0.813. The molecule has 0 amide bonds. The van der Waals surface area contributed by atoms with Gasteiger partial charge in [-0.25, -0.2) is 4.68 Å². The summed E-state index contributed by atoms with van der Waals surface area (Å²) in [5.74, 6) is 0. The Bertz CT molecular complexity index is 172. The van der Waals surface area contributed by atoms with E-state index in [0.717, 1.165) is 6.61 Å². The molecule has 1 heterocycles. The minimum atomic E-state index is 0.0556. The van der Waals surface area contributed by atoms with Crippen molar-refractivity contribution in [3.05, 3.63) is 18.5 Å². The van der Waals surface area contributed by atoms with E-state index in [1.807, 2.05) is 26.1 Å². The van der Waals surface area contributed by atoms with Crippen LogP contribution in [0.4, 0.5) is 0 Å². The molecule has 0 bridgehead atoms. The van der Waals surface area contributed by atoms with Gasteiger partial charge < -0.3 is 4.74 Å². The van der Waals surface area contributed by atoms with Crippen molar-refractivity contribution in [1.29, 1.82) is 0 Å². The highest BCUT2D eigenvalue weighted by molar-refractivity contribution is 4.78. The SMILES string of the molecule is CCO[C@H](C)n1cccn1. The Labute approximate surface area is 60.6 Å². The molecule has 1 aromatic rings. The zero-order chi connectivity index (χ0) is 7.40. The number of nitrogens with zero attached hydrogens (tertiary/aromatic N) is 2. The Hall–Kier alpha value is -0.830. The minimum absolute atomic E-state index is 0.0556. The summed E-state index contributed by atoms with van der Waals surface area (Å²) in [6.45, 7) is 4.66. The maximum Gasteiger partial charge on any atom is 0.147 e. The lowest BCUT2D eigenvalue weighted by Gasteiger charge is -2.10. The van der Waals surface area contributed by atoms with Gasteiger partial charge in [-0.3, -0.25) is 0 Å². The number of hydrogen-bond acceptors (Lipinski definition) is 2. The summed E-state index contributed by atoms with van der Waals surface area (Å²) in [7, 11) is 0. The summed E-state index contributed by atoms with van der Waals surface area (Å²) < 4.78 is 7.07. The summed E-state index contributed by atoms with van der Waals surface area (Å²) in [5, 5.41) is 4.03. The van der Waals surface area contributed by atoms with Crippen molar-refractivity contribution >= 4 is 0 Å².